The number of hydrogen-bond donors (Lipinski definition) is 3. The highest BCUT2D eigenvalue weighted by Crippen LogP contribution is 2.16. The Kier molecular flexibility index (Phi) is 50.2. The average Bonchev–Trinajstić information content (AvgIpc) is 3.32. The molecule has 3 unspecified atom stereocenters. The molecule has 0 aliphatic heterocycles. The van der Waals surface area contributed by atoms with Crippen molar-refractivity contribution in [1.82, 2.24) is 5.32 Å². The summed E-state index contributed by atoms with van der Waals surface area (Å²) in [5, 5.41) is 23.8. The monoisotopic (exact) mass is 928 g/mol. The number of nitrogens with one attached hydrogen (secondary N) is 1. The third-order valence-corrected chi connectivity index (χ3v) is 11.5. The Balaban J connectivity index is 4.81. The van der Waals surface area contributed by atoms with Crippen LogP contribution in [0.5, 0.6) is 0 Å². The van der Waals surface area contributed by atoms with Crippen LogP contribution < -0.4 is 5.32 Å². The number of aliphatic hydroxyl groups is 2. The number of unbranched alkanes of at least 4 members (excludes halogenated alkanes) is 15. The maximum Gasteiger partial charge on any atom is 0.306 e. The molecule has 0 fully saturated rings. The summed E-state index contributed by atoms with van der Waals surface area (Å²) in [7, 11) is 0. The molecule has 0 aliphatic carbocycles. The average molecular weight is 928 g/mol. The maximum atomic E-state index is 13.2. The molecule has 380 valence electrons. The van der Waals surface area contributed by atoms with Gasteiger partial charge in [-0.15, -0.1) is 0 Å². The van der Waals surface area contributed by atoms with E-state index in [0.29, 0.717) is 19.3 Å². The highest BCUT2D eigenvalue weighted by Gasteiger charge is 2.23. The van der Waals surface area contributed by atoms with E-state index in [1.807, 2.05) is 6.08 Å². The molecular weight excluding hydrogens is 827 g/mol. The first-order valence-corrected chi connectivity index (χ1v) is 27.3. The normalized spacial score (nSPS) is 14.2. The van der Waals surface area contributed by atoms with E-state index >= 15 is 0 Å². The third kappa shape index (κ3) is 48.5. The molecule has 0 aliphatic rings. The van der Waals surface area contributed by atoms with Crippen LogP contribution in [0.25, 0.3) is 0 Å². The van der Waals surface area contributed by atoms with Crippen molar-refractivity contribution >= 4 is 11.9 Å². The van der Waals surface area contributed by atoms with Crippen molar-refractivity contribution in [3.63, 3.8) is 0 Å². The van der Waals surface area contributed by atoms with Crippen molar-refractivity contribution in [2.24, 2.45) is 0 Å². The number of amides is 1. The lowest BCUT2D eigenvalue weighted by Gasteiger charge is -2.24. The van der Waals surface area contributed by atoms with E-state index in [0.717, 1.165) is 96.3 Å². The van der Waals surface area contributed by atoms with E-state index in [9.17, 15) is 19.8 Å². The first kappa shape index (κ1) is 63.3. The number of rotatable bonds is 47. The molecule has 0 saturated carbocycles. The first-order chi connectivity index (χ1) is 33.0. The topological polar surface area (TPSA) is 95.9 Å². The molecule has 0 bridgehead atoms. The zero-order valence-corrected chi connectivity index (χ0v) is 43.2. The zero-order chi connectivity index (χ0) is 48.8. The van der Waals surface area contributed by atoms with Gasteiger partial charge in [-0.1, -0.05) is 239 Å². The zero-order valence-electron chi connectivity index (χ0n) is 43.2. The Morgan fingerprint density at radius 1 is 0.448 bits per heavy atom. The molecule has 6 nitrogen and oxygen atoms in total. The lowest BCUT2D eigenvalue weighted by molar-refractivity contribution is -0.150. The summed E-state index contributed by atoms with van der Waals surface area (Å²) in [6, 6.07) is -0.743. The molecule has 0 radical (unpaired) electrons. The van der Waals surface area contributed by atoms with Crippen molar-refractivity contribution in [3.8, 4) is 0 Å². The minimum absolute atomic E-state index is 0.00125. The summed E-state index contributed by atoms with van der Waals surface area (Å²) in [4.78, 5) is 26.2. The Morgan fingerprint density at radius 2 is 0.806 bits per heavy atom. The van der Waals surface area contributed by atoms with E-state index in [1.165, 1.54) is 77.0 Å². The number of allylic oxidation sites excluding steroid dienone is 20. The molecule has 3 atom stereocenters. The van der Waals surface area contributed by atoms with Gasteiger partial charge in [0.2, 0.25) is 5.91 Å². The van der Waals surface area contributed by atoms with Crippen molar-refractivity contribution in [1.29, 1.82) is 0 Å². The standard InChI is InChI=1S/C61H101NO5/c1-4-7-10-13-16-19-22-25-28-30-32-34-37-40-43-46-49-52-57(67-61(66)54-51-48-45-42-39-36-33-29-26-23-20-17-14-11-8-5-2)55-60(65)62-58(56-63)59(64)53-50-47-44-41-38-35-31-27-24-21-18-15-12-9-6-3/h7-8,10-11,16-17,19-20,25-26,28-29,32,34,36,39-40,43,45,48,57-59,63-64H,4-6,9,12-15,18,21-24,27,30-31,33,35,37-38,41-42,44,46-47,49-56H2,1-3H3,(H,62,65)/b10-7-,11-8+,19-16-,20-17+,28-25-,29-26+,34-32-,39-36+,43-40-,48-45+. The predicted octanol–water partition coefficient (Wildman–Crippen LogP) is 16.8. The predicted molar refractivity (Wildman–Crippen MR) is 291 cm³/mol. The van der Waals surface area contributed by atoms with Gasteiger partial charge in [-0.05, 0) is 96.3 Å². The van der Waals surface area contributed by atoms with Crippen molar-refractivity contribution in [2.75, 3.05) is 6.61 Å². The number of ether oxygens (including phenoxy) is 1. The SMILES string of the molecule is CC/C=C\C/C=C\C/C=C\C/C=C\C/C=C\CCCC(CC(=O)NC(CO)C(O)CCCCCCCCCCCCCCCCC)OC(=O)CC/C=C/C/C=C/C/C=C/C/C=C/C/C=C/CC. The van der Waals surface area contributed by atoms with Gasteiger partial charge in [-0.2, -0.15) is 0 Å². The lowest BCUT2D eigenvalue weighted by Crippen LogP contribution is -2.46. The molecule has 67 heavy (non-hydrogen) atoms. The van der Waals surface area contributed by atoms with E-state index in [-0.39, 0.29) is 31.3 Å². The van der Waals surface area contributed by atoms with Gasteiger partial charge in [0.1, 0.15) is 6.10 Å². The second kappa shape index (κ2) is 53.2. The molecule has 0 saturated heterocycles. The van der Waals surface area contributed by atoms with Crippen molar-refractivity contribution in [2.45, 2.75) is 244 Å². The molecule has 0 heterocycles. The highest BCUT2D eigenvalue weighted by atomic mass is 16.5. The van der Waals surface area contributed by atoms with Gasteiger partial charge in [0.15, 0.2) is 0 Å². The summed E-state index contributed by atoms with van der Waals surface area (Å²) in [5.74, 6) is -0.638. The van der Waals surface area contributed by atoms with E-state index in [4.69, 9.17) is 4.74 Å². The van der Waals surface area contributed by atoms with Crippen LogP contribution in [0.1, 0.15) is 226 Å². The molecule has 0 aromatic heterocycles. The second-order valence-corrected chi connectivity index (χ2v) is 17.9. The van der Waals surface area contributed by atoms with Gasteiger partial charge in [-0.25, -0.2) is 0 Å². The van der Waals surface area contributed by atoms with Gasteiger partial charge in [0.05, 0.1) is 25.2 Å². The highest BCUT2D eigenvalue weighted by molar-refractivity contribution is 5.77. The minimum atomic E-state index is -0.823. The van der Waals surface area contributed by atoms with Crippen LogP contribution in [0.4, 0.5) is 0 Å². The van der Waals surface area contributed by atoms with Crippen LogP contribution in [0.15, 0.2) is 122 Å². The quantitative estimate of drug-likeness (QED) is 0.0321. The second-order valence-electron chi connectivity index (χ2n) is 17.9. The molecule has 0 aromatic rings. The fourth-order valence-electron chi connectivity index (χ4n) is 7.51. The van der Waals surface area contributed by atoms with Crippen LogP contribution in [0.3, 0.4) is 0 Å². The molecule has 0 aromatic carbocycles. The van der Waals surface area contributed by atoms with Crippen molar-refractivity contribution < 1.29 is 24.5 Å². The molecule has 0 spiro atoms. The summed E-state index contributed by atoms with van der Waals surface area (Å²) in [6.45, 7) is 6.22. The Hall–Kier alpha value is -3.74. The molecule has 6 heteroatoms. The molecule has 3 N–H and O–H groups in total. The van der Waals surface area contributed by atoms with Crippen molar-refractivity contribution in [3.05, 3.63) is 122 Å². The summed E-state index contributed by atoms with van der Waals surface area (Å²) in [6.07, 6.45) is 74.1. The summed E-state index contributed by atoms with van der Waals surface area (Å²) >= 11 is 0. The maximum absolute atomic E-state index is 13.2. The largest absolute Gasteiger partial charge is 0.462 e. The fourth-order valence-corrected chi connectivity index (χ4v) is 7.51. The van der Waals surface area contributed by atoms with Gasteiger partial charge < -0.3 is 20.3 Å². The number of carbonyl (C=O) groups excluding carboxylic acids is 2. The summed E-state index contributed by atoms with van der Waals surface area (Å²) < 4.78 is 5.87. The number of aliphatic hydroxyl groups excluding tert-OH is 2. The van der Waals surface area contributed by atoms with Crippen LogP contribution in [0.2, 0.25) is 0 Å². The Labute approximate surface area is 412 Å². The Morgan fingerprint density at radius 3 is 1.19 bits per heavy atom. The van der Waals surface area contributed by atoms with Crippen LogP contribution in [-0.4, -0.2) is 46.9 Å². The van der Waals surface area contributed by atoms with Gasteiger partial charge >= 0.3 is 5.97 Å². The van der Waals surface area contributed by atoms with Crippen LogP contribution in [0, 0.1) is 0 Å². The van der Waals surface area contributed by atoms with E-state index in [2.05, 4.69) is 142 Å². The molecular formula is C61H101NO5. The Bertz CT molecular complexity index is 1410. The third-order valence-electron chi connectivity index (χ3n) is 11.5. The van der Waals surface area contributed by atoms with Gasteiger partial charge in [0.25, 0.3) is 0 Å². The van der Waals surface area contributed by atoms with E-state index in [1.54, 1.807) is 0 Å². The number of carbonyl (C=O) groups is 2. The van der Waals surface area contributed by atoms with Crippen LogP contribution >= 0.6 is 0 Å². The first-order valence-electron chi connectivity index (χ1n) is 27.3. The molecule has 0 rings (SSSR count). The number of esters is 1. The minimum Gasteiger partial charge on any atom is -0.462 e. The lowest BCUT2D eigenvalue weighted by atomic mass is 10.0. The number of hydrogen-bond acceptors (Lipinski definition) is 5. The van der Waals surface area contributed by atoms with Gasteiger partial charge in [-0.3, -0.25) is 9.59 Å². The summed E-state index contributed by atoms with van der Waals surface area (Å²) in [5.41, 5.74) is 0. The van der Waals surface area contributed by atoms with Gasteiger partial charge in [0, 0.05) is 6.42 Å². The van der Waals surface area contributed by atoms with Crippen LogP contribution in [-0.2, 0) is 14.3 Å². The molecule has 1 amide bonds. The smallest absolute Gasteiger partial charge is 0.306 e. The fraction of sp³-hybridized carbons (Fsp3) is 0.639. The van der Waals surface area contributed by atoms with E-state index < -0.39 is 18.2 Å².